The van der Waals surface area contributed by atoms with Crippen LogP contribution in [-0.4, -0.2) is 151 Å². The Morgan fingerprint density at radius 1 is 0.839 bits per heavy atom. The summed E-state index contributed by atoms with van der Waals surface area (Å²) in [6.45, 7) is 12.4. The van der Waals surface area contributed by atoms with E-state index in [1.807, 2.05) is 13.8 Å². The van der Waals surface area contributed by atoms with Crippen LogP contribution < -0.4 is 33.6 Å². The van der Waals surface area contributed by atoms with E-state index in [4.69, 9.17) is 32.2 Å². The number of nitrogens with one attached hydrogen (secondary N) is 2. The van der Waals surface area contributed by atoms with E-state index in [2.05, 4.69) is 42.1 Å². The summed E-state index contributed by atoms with van der Waals surface area (Å²) in [7, 11) is 1.00. The number of amides is 4. The third-order valence-corrected chi connectivity index (χ3v) is 7.81. The number of aliphatic hydroxyl groups is 1. The Morgan fingerprint density at radius 3 is 1.77 bits per heavy atom. The fourth-order valence-electron chi connectivity index (χ4n) is 4.01. The van der Waals surface area contributed by atoms with Crippen LogP contribution in [0.2, 0.25) is 0 Å². The molecule has 4 amide bonds. The lowest BCUT2D eigenvalue weighted by molar-refractivity contribution is -0.139. The van der Waals surface area contributed by atoms with Crippen LogP contribution >= 0.6 is 11.8 Å². The maximum Gasteiger partial charge on any atom is 0.322 e. The molecule has 1 aliphatic heterocycles. The van der Waals surface area contributed by atoms with Gasteiger partial charge in [0.2, 0.25) is 23.6 Å². The van der Waals surface area contributed by atoms with Gasteiger partial charge in [-0.15, -0.1) is 0 Å². The number of aliphatic carboxylic acids is 1. The Kier molecular flexibility index (Phi) is 40.9. The number of thioether (sulfide) groups is 1. The number of aldehydes is 3. The number of piperazine rings is 1. The molecule has 326 valence electrons. The summed E-state index contributed by atoms with van der Waals surface area (Å²) in [5.41, 5.74) is 20.1. The number of hydrogen-bond donors (Lipinski definition) is 8. The number of nitrogens with zero attached hydrogens (tertiary/aromatic N) is 3. The highest BCUT2D eigenvalue weighted by Gasteiger charge is 2.25. The van der Waals surface area contributed by atoms with E-state index in [-0.39, 0.29) is 54.7 Å². The molecule has 1 saturated heterocycles. The van der Waals surface area contributed by atoms with Crippen LogP contribution in [0.4, 0.5) is 0 Å². The molecule has 19 nitrogen and oxygen atoms in total. The van der Waals surface area contributed by atoms with Gasteiger partial charge in [-0.25, -0.2) is 0 Å². The van der Waals surface area contributed by atoms with Crippen LogP contribution in [0, 0.1) is 5.41 Å². The molecule has 0 aromatic rings. The number of rotatable bonds is 21. The average Bonchev–Trinajstić information content (AvgIpc) is 3.15. The Labute approximate surface area is 336 Å². The van der Waals surface area contributed by atoms with Crippen molar-refractivity contribution in [3.63, 3.8) is 0 Å². The van der Waals surface area contributed by atoms with Gasteiger partial charge in [-0.1, -0.05) is 41.0 Å². The topological polar surface area (TPSA) is 324 Å². The molecule has 0 aliphatic carbocycles. The van der Waals surface area contributed by atoms with Crippen LogP contribution in [0.5, 0.6) is 0 Å². The molecule has 1 fully saturated rings. The zero-order chi connectivity index (χ0) is 44.0. The zero-order valence-corrected chi connectivity index (χ0v) is 35.2. The number of carboxylic acid groups (broad SMARTS) is 1. The normalized spacial score (nSPS) is 12.2. The summed E-state index contributed by atoms with van der Waals surface area (Å²) < 4.78 is 0. The molecule has 0 spiro atoms. The van der Waals surface area contributed by atoms with Gasteiger partial charge in [-0.3, -0.25) is 29.0 Å². The highest BCUT2D eigenvalue weighted by atomic mass is 32.2. The number of hydrogen-bond acceptors (Lipinski definition) is 13. The second-order valence-electron chi connectivity index (χ2n) is 13.6. The van der Waals surface area contributed by atoms with Gasteiger partial charge in [-0.2, -0.15) is 11.8 Å². The highest BCUT2D eigenvalue weighted by molar-refractivity contribution is 7.99. The van der Waals surface area contributed by atoms with Crippen molar-refractivity contribution in [1.82, 2.24) is 20.4 Å². The van der Waals surface area contributed by atoms with E-state index in [0.29, 0.717) is 69.9 Å². The number of carboxylic acids is 1. The van der Waals surface area contributed by atoms with Crippen molar-refractivity contribution < 1.29 is 48.6 Å². The van der Waals surface area contributed by atoms with Gasteiger partial charge in [0.1, 0.15) is 31.4 Å². The molecule has 12 N–H and O–H groups in total. The Hall–Kier alpha value is -4.14. The number of carbonyl (C=O) groups excluding carboxylic acids is 7. The van der Waals surface area contributed by atoms with Crippen LogP contribution in [0.25, 0.3) is 0 Å². The summed E-state index contributed by atoms with van der Waals surface area (Å²) in [6.07, 6.45) is 7.22. The van der Waals surface area contributed by atoms with Crippen molar-refractivity contribution in [2.75, 3.05) is 64.4 Å². The van der Waals surface area contributed by atoms with Gasteiger partial charge in [0.25, 0.3) is 0 Å². The van der Waals surface area contributed by atoms with Gasteiger partial charge in [0, 0.05) is 90.0 Å². The molecule has 0 radical (unpaired) electrons. The molecule has 0 aromatic carbocycles. The van der Waals surface area contributed by atoms with Crippen LogP contribution in [-0.2, 0) is 38.4 Å². The molecule has 56 heavy (non-hydrogen) atoms. The lowest BCUT2D eigenvalue weighted by Gasteiger charge is -2.35. The molecule has 20 heteroatoms. The first kappa shape index (κ1) is 58.6. The second-order valence-corrected chi connectivity index (χ2v) is 14.7. The molecule has 0 saturated carbocycles. The van der Waals surface area contributed by atoms with Crippen molar-refractivity contribution in [1.29, 1.82) is 0 Å². The molecular weight excluding hydrogens is 751 g/mol. The number of nitrogens with two attached hydrogens (primary N) is 4. The molecule has 1 heterocycles. The molecular formula is C36H71N9O10S. The zero-order valence-electron chi connectivity index (χ0n) is 34.3. The van der Waals surface area contributed by atoms with E-state index in [1.165, 1.54) is 11.8 Å². The van der Waals surface area contributed by atoms with Crippen LogP contribution in [0.3, 0.4) is 0 Å². The molecule has 0 bridgehead atoms. The maximum absolute atomic E-state index is 12.5. The van der Waals surface area contributed by atoms with E-state index in [0.717, 1.165) is 39.1 Å². The summed E-state index contributed by atoms with van der Waals surface area (Å²) in [4.78, 5) is 96.5. The van der Waals surface area contributed by atoms with Crippen molar-refractivity contribution in [2.24, 2.45) is 33.3 Å². The Balaban J connectivity index is -0.000000526. The third-order valence-electron chi connectivity index (χ3n) is 6.74. The average molecular weight is 822 g/mol. The lowest BCUT2D eigenvalue weighted by atomic mass is 9.90. The van der Waals surface area contributed by atoms with Crippen molar-refractivity contribution in [2.45, 2.75) is 104 Å². The smallest absolute Gasteiger partial charge is 0.322 e. The van der Waals surface area contributed by atoms with Crippen LogP contribution in [0.1, 0.15) is 92.4 Å². The van der Waals surface area contributed by atoms with Gasteiger partial charge in [0.05, 0.1) is 0 Å². The maximum atomic E-state index is 12.5. The minimum Gasteiger partial charge on any atom is -0.480 e. The number of aliphatic hydroxyl groups excluding tert-OH is 1. The van der Waals surface area contributed by atoms with Crippen molar-refractivity contribution in [3.8, 4) is 0 Å². The van der Waals surface area contributed by atoms with E-state index in [1.54, 1.807) is 9.80 Å². The van der Waals surface area contributed by atoms with Crippen LogP contribution in [0.15, 0.2) is 4.99 Å². The minimum atomic E-state index is -1.21. The lowest BCUT2D eigenvalue weighted by Crippen LogP contribution is -2.50. The quantitative estimate of drug-likeness (QED) is 0.0310. The van der Waals surface area contributed by atoms with Gasteiger partial charge in [0.15, 0.2) is 5.96 Å². The first-order valence-corrected chi connectivity index (χ1v) is 19.7. The standard InChI is InChI=1S/C23H38N4O7S.C7H15N3O.C3H9N.C2H5NO.CH4O/c1-23(2,3)8-6-19(30)26-9-11-27(12-10-26)20(31)7-14-35-16-17(22(34)24-15-21(32)33)25-18(29)5-4-13-28;8-7(9)10-5-3-1-2-4-6-11;1-3(2)4;3-1-2-4;1-2/h13,17H,4-12,14-16H2,1-3H3,(H,24,34)(H,25,29)(H,32,33);6H,1-5H2,(H4,8,9,10);3H,4H2,1-2H3;2H,1,3H2;2H,1H3. The number of carbonyl (C=O) groups is 8. The Morgan fingerprint density at radius 2 is 1.34 bits per heavy atom. The largest absolute Gasteiger partial charge is 0.480 e. The molecule has 1 aliphatic rings. The van der Waals surface area contributed by atoms with E-state index in [9.17, 15) is 33.6 Å². The van der Waals surface area contributed by atoms with Gasteiger partial charge >= 0.3 is 5.97 Å². The predicted octanol–water partition coefficient (Wildman–Crippen LogP) is -0.603. The van der Waals surface area contributed by atoms with Crippen molar-refractivity contribution in [3.05, 3.63) is 0 Å². The molecule has 1 unspecified atom stereocenters. The van der Waals surface area contributed by atoms with Gasteiger partial charge in [-0.05, 0) is 30.7 Å². The third kappa shape index (κ3) is 42.6. The molecule has 1 rings (SSSR count). The van der Waals surface area contributed by atoms with E-state index >= 15 is 0 Å². The number of guanidine groups is 1. The summed E-state index contributed by atoms with van der Waals surface area (Å²) in [6, 6.07) is -0.642. The summed E-state index contributed by atoms with van der Waals surface area (Å²) in [5.74, 6) is -1.56. The first-order valence-electron chi connectivity index (χ1n) is 18.5. The number of unbranched alkanes of at least 4 members (excludes halogenated alkanes) is 3. The highest BCUT2D eigenvalue weighted by Crippen LogP contribution is 2.21. The fraction of sp³-hybridized carbons (Fsp3) is 0.750. The minimum absolute atomic E-state index is 0.0202. The fourth-order valence-corrected chi connectivity index (χ4v) is 4.97. The molecule has 0 aromatic heterocycles. The first-order chi connectivity index (χ1) is 26.3. The SMILES string of the molecule is CC(C)(C)CCC(=O)N1CCN(C(=O)CCSCC(NC(=O)CCC=O)C(=O)NCC(=O)O)CC1.CC(C)N.CO.NC(N)=NCCCCCC=O.NCC=O. The van der Waals surface area contributed by atoms with Crippen molar-refractivity contribution >= 4 is 66.2 Å². The number of aliphatic imine (C=N–C) groups is 1. The summed E-state index contributed by atoms with van der Waals surface area (Å²) in [5, 5.41) is 20.5. The summed E-state index contributed by atoms with van der Waals surface area (Å²) >= 11 is 1.29. The van der Waals surface area contributed by atoms with E-state index < -0.39 is 30.4 Å². The second kappa shape index (κ2) is 39.1. The molecule has 1 atom stereocenters. The predicted molar refractivity (Wildman–Crippen MR) is 219 cm³/mol. The monoisotopic (exact) mass is 822 g/mol. The van der Waals surface area contributed by atoms with Gasteiger partial charge < -0.3 is 68.0 Å². The Bertz CT molecular complexity index is 1120.